The third kappa shape index (κ3) is 10.7. The van der Waals surface area contributed by atoms with Gasteiger partial charge in [-0.25, -0.2) is 8.78 Å². The number of morpholine rings is 1. The Morgan fingerprint density at radius 3 is 1.84 bits per heavy atom. The van der Waals surface area contributed by atoms with Crippen molar-refractivity contribution in [2.45, 2.75) is 70.5 Å². The van der Waals surface area contributed by atoms with Crippen molar-refractivity contribution in [1.82, 2.24) is 10.2 Å². The molecule has 49 heavy (non-hydrogen) atoms. The van der Waals surface area contributed by atoms with Gasteiger partial charge < -0.3 is 19.5 Å². The fourth-order valence-corrected chi connectivity index (χ4v) is 6.20. The Morgan fingerprint density at radius 2 is 1.33 bits per heavy atom. The number of ether oxygens (including phenoxy) is 3. The van der Waals surface area contributed by atoms with Crippen molar-refractivity contribution in [3.63, 3.8) is 0 Å². The standard InChI is InChI=1S/C40H46F4N2O3/c1-29-39(49-28-40(2,26-41)27-42)48-25-36(45-29)38(47-24-32-16-10-5-11-17-32)37(20-33-18-34(43)21-35(44)19-33)46(22-30-12-6-3-7-13-30)23-31-14-8-4-9-15-31/h3-19,21,29,36-39,45H,20,22-28H2,1-2H3/t29-,36+,37-,38-,39-/m0/s1. The van der Waals surface area contributed by atoms with Gasteiger partial charge in [0.25, 0.3) is 0 Å². The lowest BCUT2D eigenvalue weighted by Gasteiger charge is -2.45. The van der Waals surface area contributed by atoms with Crippen LogP contribution in [0.3, 0.4) is 0 Å². The molecule has 0 saturated carbocycles. The molecule has 5 rings (SSSR count). The summed E-state index contributed by atoms with van der Waals surface area (Å²) in [5, 5.41) is 3.61. The van der Waals surface area contributed by atoms with E-state index in [-0.39, 0.29) is 31.7 Å². The van der Waals surface area contributed by atoms with Crippen LogP contribution in [-0.4, -0.2) is 62.0 Å². The Balaban J connectivity index is 1.51. The van der Waals surface area contributed by atoms with Gasteiger partial charge in [-0.3, -0.25) is 13.7 Å². The second-order valence-corrected chi connectivity index (χ2v) is 13.3. The van der Waals surface area contributed by atoms with Crippen molar-refractivity contribution in [2.24, 2.45) is 5.41 Å². The first-order valence-electron chi connectivity index (χ1n) is 16.8. The van der Waals surface area contributed by atoms with Gasteiger partial charge in [0.05, 0.1) is 51.4 Å². The van der Waals surface area contributed by atoms with Crippen LogP contribution in [0.5, 0.6) is 0 Å². The Bertz CT molecular complexity index is 1480. The van der Waals surface area contributed by atoms with Crippen molar-refractivity contribution in [3.05, 3.63) is 143 Å². The van der Waals surface area contributed by atoms with Crippen molar-refractivity contribution in [3.8, 4) is 0 Å². The topological polar surface area (TPSA) is 43.0 Å². The quantitative estimate of drug-likeness (QED) is 0.115. The third-order valence-electron chi connectivity index (χ3n) is 8.92. The maximum atomic E-state index is 14.6. The Hall–Kier alpha value is -3.60. The van der Waals surface area contributed by atoms with Crippen molar-refractivity contribution >= 4 is 0 Å². The maximum absolute atomic E-state index is 14.6. The molecule has 9 heteroatoms. The summed E-state index contributed by atoms with van der Waals surface area (Å²) in [4.78, 5) is 2.30. The number of benzene rings is 4. The molecule has 4 aromatic rings. The molecule has 5 nitrogen and oxygen atoms in total. The van der Waals surface area contributed by atoms with E-state index >= 15 is 0 Å². The van der Waals surface area contributed by atoms with Gasteiger partial charge in [0.1, 0.15) is 11.6 Å². The Morgan fingerprint density at radius 1 is 0.796 bits per heavy atom. The molecular formula is C40H46F4N2O3. The van der Waals surface area contributed by atoms with E-state index < -0.39 is 48.8 Å². The van der Waals surface area contributed by atoms with E-state index in [9.17, 15) is 17.6 Å². The summed E-state index contributed by atoms with van der Waals surface area (Å²) in [5.74, 6) is -1.29. The normalized spacial score (nSPS) is 19.5. The van der Waals surface area contributed by atoms with Crippen LogP contribution in [0.1, 0.15) is 36.1 Å². The van der Waals surface area contributed by atoms with Crippen molar-refractivity contribution in [2.75, 3.05) is 26.6 Å². The highest BCUT2D eigenvalue weighted by Gasteiger charge is 2.40. The fraction of sp³-hybridized carbons (Fsp3) is 0.400. The molecule has 0 unspecified atom stereocenters. The molecule has 262 valence electrons. The molecule has 0 aromatic heterocycles. The molecular weight excluding hydrogens is 632 g/mol. The van der Waals surface area contributed by atoms with E-state index in [1.54, 1.807) is 0 Å². The molecule has 5 atom stereocenters. The molecule has 1 N–H and O–H groups in total. The number of nitrogens with one attached hydrogen (secondary N) is 1. The molecule has 0 radical (unpaired) electrons. The van der Waals surface area contributed by atoms with Crippen molar-refractivity contribution in [1.29, 1.82) is 0 Å². The van der Waals surface area contributed by atoms with E-state index in [0.717, 1.165) is 22.8 Å². The van der Waals surface area contributed by atoms with Gasteiger partial charge in [-0.1, -0.05) is 97.9 Å². The molecule has 0 bridgehead atoms. The van der Waals surface area contributed by atoms with Gasteiger partial charge in [0.2, 0.25) is 0 Å². The van der Waals surface area contributed by atoms with Crippen LogP contribution in [0.25, 0.3) is 0 Å². The zero-order valence-corrected chi connectivity index (χ0v) is 28.1. The van der Waals surface area contributed by atoms with Gasteiger partial charge in [0.15, 0.2) is 6.29 Å². The number of rotatable bonds is 17. The first kappa shape index (κ1) is 36.7. The molecule has 0 spiro atoms. The Labute approximate surface area is 287 Å². The average molecular weight is 679 g/mol. The van der Waals surface area contributed by atoms with Crippen molar-refractivity contribution < 1.29 is 31.8 Å². The SMILES string of the molecule is C[C@@H]1N[C@@H]([C@H](OCc2ccccc2)[C@H](Cc2cc(F)cc(F)c2)N(Cc2ccccc2)Cc2ccccc2)CO[C@H]1OCC(C)(CF)CF. The first-order valence-corrected chi connectivity index (χ1v) is 16.8. The molecule has 1 aliphatic rings. The number of alkyl halides is 2. The second kappa shape index (κ2) is 17.9. The lowest BCUT2D eigenvalue weighted by Crippen LogP contribution is -2.63. The summed E-state index contributed by atoms with van der Waals surface area (Å²) >= 11 is 0. The van der Waals surface area contributed by atoms with Crippen LogP contribution >= 0.6 is 0 Å². The van der Waals surface area contributed by atoms with E-state index in [4.69, 9.17) is 14.2 Å². The van der Waals surface area contributed by atoms with Crippen LogP contribution < -0.4 is 5.32 Å². The molecule has 0 aliphatic carbocycles. The predicted octanol–water partition coefficient (Wildman–Crippen LogP) is 7.83. The van der Waals surface area contributed by atoms with Crippen LogP contribution in [0.2, 0.25) is 0 Å². The van der Waals surface area contributed by atoms with Gasteiger partial charge >= 0.3 is 0 Å². The minimum atomic E-state index is -1.25. The number of halogens is 4. The highest BCUT2D eigenvalue weighted by atomic mass is 19.1. The highest BCUT2D eigenvalue weighted by molar-refractivity contribution is 5.22. The lowest BCUT2D eigenvalue weighted by atomic mass is 9.92. The summed E-state index contributed by atoms with van der Waals surface area (Å²) in [5.41, 5.74) is 2.39. The minimum absolute atomic E-state index is 0.134. The summed E-state index contributed by atoms with van der Waals surface area (Å²) in [6, 6.07) is 32.5. The summed E-state index contributed by atoms with van der Waals surface area (Å²) in [6.45, 7) is 3.12. The first-order chi connectivity index (χ1) is 23.7. The third-order valence-corrected chi connectivity index (χ3v) is 8.92. The fourth-order valence-electron chi connectivity index (χ4n) is 6.20. The second-order valence-electron chi connectivity index (χ2n) is 13.3. The predicted molar refractivity (Wildman–Crippen MR) is 183 cm³/mol. The van der Waals surface area contributed by atoms with E-state index in [1.807, 2.05) is 73.7 Å². The maximum Gasteiger partial charge on any atom is 0.172 e. The van der Waals surface area contributed by atoms with Gasteiger partial charge in [-0.2, -0.15) is 0 Å². The Kier molecular flexibility index (Phi) is 13.4. The number of nitrogens with zero attached hydrogens (tertiary/aromatic N) is 1. The molecule has 0 amide bonds. The molecule has 1 aliphatic heterocycles. The summed E-state index contributed by atoms with van der Waals surface area (Å²) in [7, 11) is 0. The largest absolute Gasteiger partial charge is 0.370 e. The van der Waals surface area contributed by atoms with Gasteiger partial charge in [-0.05, 0) is 47.7 Å². The molecule has 1 heterocycles. The van der Waals surface area contributed by atoms with Gasteiger partial charge in [0, 0.05) is 30.6 Å². The summed E-state index contributed by atoms with van der Waals surface area (Å²) < 4.78 is 75.3. The average Bonchev–Trinajstić information content (AvgIpc) is 3.11. The minimum Gasteiger partial charge on any atom is -0.370 e. The van der Waals surface area contributed by atoms with E-state index in [2.05, 4.69) is 34.5 Å². The lowest BCUT2D eigenvalue weighted by molar-refractivity contribution is -0.210. The number of hydrogen-bond donors (Lipinski definition) is 1. The molecule has 1 fully saturated rings. The zero-order chi connectivity index (χ0) is 34.6. The van der Waals surface area contributed by atoms with E-state index in [0.29, 0.717) is 25.3 Å². The smallest absolute Gasteiger partial charge is 0.172 e. The number of hydrogen-bond acceptors (Lipinski definition) is 5. The van der Waals surface area contributed by atoms with Crippen LogP contribution in [0.15, 0.2) is 109 Å². The summed E-state index contributed by atoms with van der Waals surface area (Å²) in [6.07, 6.45) is -0.987. The molecule has 4 aromatic carbocycles. The highest BCUT2D eigenvalue weighted by Crippen LogP contribution is 2.28. The van der Waals surface area contributed by atoms with Gasteiger partial charge in [-0.15, -0.1) is 0 Å². The van der Waals surface area contributed by atoms with Crippen LogP contribution in [0, 0.1) is 17.0 Å². The van der Waals surface area contributed by atoms with E-state index in [1.165, 1.54) is 19.1 Å². The van der Waals surface area contributed by atoms with Crippen LogP contribution in [0.4, 0.5) is 17.6 Å². The zero-order valence-electron chi connectivity index (χ0n) is 28.1. The molecule has 1 saturated heterocycles. The van der Waals surface area contributed by atoms with Crippen LogP contribution in [-0.2, 0) is 40.3 Å². The monoisotopic (exact) mass is 678 g/mol.